The molecular weight excluding hydrogens is 427 g/mol. The molecule has 0 fully saturated rings. The summed E-state index contributed by atoms with van der Waals surface area (Å²) in [6.45, 7) is 4.06. The van der Waals surface area contributed by atoms with Crippen molar-refractivity contribution >= 4 is 35.0 Å². The average molecular weight is 453 g/mol. The number of hydrogen-bond donors (Lipinski definition) is 1. The first kappa shape index (κ1) is 23.8. The van der Waals surface area contributed by atoms with Crippen molar-refractivity contribution in [3.05, 3.63) is 58.1 Å². The number of halogens is 2. The summed E-state index contributed by atoms with van der Waals surface area (Å²) < 4.78 is 10.9. The van der Waals surface area contributed by atoms with Crippen LogP contribution in [0.15, 0.2) is 42.5 Å². The number of nitrogens with zero attached hydrogens (tertiary/aromatic N) is 1. The third-order valence-corrected chi connectivity index (χ3v) is 5.10. The average Bonchev–Trinajstić information content (AvgIpc) is 2.73. The normalized spacial score (nSPS) is 11.5. The molecule has 2 amide bonds. The Bertz CT molecular complexity index is 876. The lowest BCUT2D eigenvalue weighted by atomic mass is 10.1. The van der Waals surface area contributed by atoms with Gasteiger partial charge >= 0.3 is 0 Å². The molecule has 8 heteroatoms. The lowest BCUT2D eigenvalue weighted by molar-refractivity contribution is -0.142. The lowest BCUT2D eigenvalue weighted by Crippen LogP contribution is -2.50. The molecule has 30 heavy (non-hydrogen) atoms. The van der Waals surface area contributed by atoms with Crippen molar-refractivity contribution < 1.29 is 19.1 Å². The fraction of sp³-hybridized carbons (Fsp3) is 0.364. The van der Waals surface area contributed by atoms with E-state index in [1.807, 2.05) is 19.9 Å². The maximum absolute atomic E-state index is 13.1. The molecule has 0 bridgehead atoms. The van der Waals surface area contributed by atoms with E-state index in [-0.39, 0.29) is 25.0 Å². The number of hydrogen-bond acceptors (Lipinski definition) is 4. The SMILES string of the molecule is CCNC(=O)[C@H](CC)N(Cc1ccc(Cl)cc1Cl)C(=O)COc1ccccc1OC. The van der Waals surface area contributed by atoms with E-state index in [4.69, 9.17) is 32.7 Å². The predicted octanol–water partition coefficient (Wildman–Crippen LogP) is 4.32. The molecule has 2 aromatic carbocycles. The highest BCUT2D eigenvalue weighted by Gasteiger charge is 2.29. The monoisotopic (exact) mass is 452 g/mol. The van der Waals surface area contributed by atoms with E-state index in [2.05, 4.69) is 5.32 Å². The Labute approximate surface area is 187 Å². The first-order chi connectivity index (χ1) is 14.4. The number of para-hydroxylation sites is 2. The van der Waals surface area contributed by atoms with Crippen LogP contribution in [0, 0.1) is 0 Å². The smallest absolute Gasteiger partial charge is 0.261 e. The number of ether oxygens (including phenoxy) is 2. The van der Waals surface area contributed by atoms with Gasteiger partial charge in [-0.05, 0) is 43.2 Å². The van der Waals surface area contributed by atoms with Crippen LogP contribution in [0.2, 0.25) is 10.0 Å². The van der Waals surface area contributed by atoms with E-state index >= 15 is 0 Å². The van der Waals surface area contributed by atoms with E-state index in [0.717, 1.165) is 0 Å². The van der Waals surface area contributed by atoms with E-state index < -0.39 is 6.04 Å². The second-order valence-electron chi connectivity index (χ2n) is 6.52. The summed E-state index contributed by atoms with van der Waals surface area (Å²) in [5.74, 6) is 0.401. The predicted molar refractivity (Wildman–Crippen MR) is 118 cm³/mol. The number of likely N-dealkylation sites (N-methyl/N-ethyl adjacent to an activating group) is 1. The van der Waals surface area contributed by atoms with Crippen molar-refractivity contribution in [3.63, 3.8) is 0 Å². The van der Waals surface area contributed by atoms with Gasteiger partial charge in [0, 0.05) is 23.1 Å². The van der Waals surface area contributed by atoms with Crippen LogP contribution in [0.3, 0.4) is 0 Å². The second-order valence-corrected chi connectivity index (χ2v) is 7.36. The van der Waals surface area contributed by atoms with Gasteiger partial charge in [-0.1, -0.05) is 48.3 Å². The number of nitrogens with one attached hydrogen (secondary N) is 1. The van der Waals surface area contributed by atoms with Crippen LogP contribution in [-0.2, 0) is 16.1 Å². The minimum atomic E-state index is -0.662. The van der Waals surface area contributed by atoms with Gasteiger partial charge in [0.05, 0.1) is 7.11 Å². The molecule has 0 unspecified atom stereocenters. The molecular formula is C22H26Cl2N2O4. The minimum absolute atomic E-state index is 0.153. The second kappa shape index (κ2) is 11.7. The number of carbonyl (C=O) groups excluding carboxylic acids is 2. The minimum Gasteiger partial charge on any atom is -0.493 e. The third kappa shape index (κ3) is 6.28. The van der Waals surface area contributed by atoms with Crippen LogP contribution in [0.25, 0.3) is 0 Å². The molecule has 0 aliphatic heterocycles. The first-order valence-electron chi connectivity index (χ1n) is 9.68. The zero-order chi connectivity index (χ0) is 22.1. The van der Waals surface area contributed by atoms with Gasteiger partial charge in [0.25, 0.3) is 5.91 Å². The van der Waals surface area contributed by atoms with Crippen LogP contribution in [0.1, 0.15) is 25.8 Å². The number of rotatable bonds is 10. The number of methoxy groups -OCH3 is 1. The van der Waals surface area contributed by atoms with Crippen molar-refractivity contribution in [1.29, 1.82) is 0 Å². The van der Waals surface area contributed by atoms with Crippen molar-refractivity contribution in [2.75, 3.05) is 20.3 Å². The Morgan fingerprint density at radius 2 is 1.80 bits per heavy atom. The topological polar surface area (TPSA) is 67.9 Å². The van der Waals surface area contributed by atoms with E-state index in [1.165, 1.54) is 12.0 Å². The molecule has 0 saturated carbocycles. The quantitative estimate of drug-likeness (QED) is 0.582. The Morgan fingerprint density at radius 1 is 1.10 bits per heavy atom. The molecule has 0 saturated heterocycles. The molecule has 162 valence electrons. The molecule has 2 rings (SSSR count). The number of carbonyl (C=O) groups is 2. The van der Waals surface area contributed by atoms with Gasteiger partial charge < -0.3 is 19.7 Å². The molecule has 2 aromatic rings. The summed E-state index contributed by atoms with van der Waals surface area (Å²) in [4.78, 5) is 27.2. The third-order valence-electron chi connectivity index (χ3n) is 4.51. The molecule has 0 aromatic heterocycles. The maximum Gasteiger partial charge on any atom is 0.261 e. The van der Waals surface area contributed by atoms with Crippen molar-refractivity contribution in [2.45, 2.75) is 32.9 Å². The summed E-state index contributed by atoms with van der Waals surface area (Å²) in [7, 11) is 1.53. The summed E-state index contributed by atoms with van der Waals surface area (Å²) in [5.41, 5.74) is 0.689. The zero-order valence-electron chi connectivity index (χ0n) is 17.3. The Balaban J connectivity index is 2.26. The van der Waals surface area contributed by atoms with E-state index in [9.17, 15) is 9.59 Å². The number of benzene rings is 2. The summed E-state index contributed by atoms with van der Waals surface area (Å²) in [5, 5.41) is 3.71. The van der Waals surface area contributed by atoms with E-state index in [0.29, 0.717) is 40.1 Å². The first-order valence-corrected chi connectivity index (χ1v) is 10.4. The van der Waals surface area contributed by atoms with Gasteiger partial charge in [0.15, 0.2) is 18.1 Å². The standard InChI is InChI=1S/C22H26Cl2N2O4/c1-4-18(22(28)25-5-2)26(13-15-10-11-16(23)12-17(15)24)21(27)14-30-20-9-7-6-8-19(20)29-3/h6-12,18H,4-5,13-14H2,1-3H3,(H,25,28)/t18-/m0/s1. The molecule has 6 nitrogen and oxygen atoms in total. The fourth-order valence-electron chi connectivity index (χ4n) is 3.01. The van der Waals surface area contributed by atoms with Crippen LogP contribution in [-0.4, -0.2) is 43.0 Å². The molecule has 0 aliphatic carbocycles. The molecule has 0 spiro atoms. The zero-order valence-corrected chi connectivity index (χ0v) is 18.8. The Hall–Kier alpha value is -2.44. The van der Waals surface area contributed by atoms with Crippen LogP contribution >= 0.6 is 23.2 Å². The van der Waals surface area contributed by atoms with Gasteiger partial charge in [-0.25, -0.2) is 0 Å². The van der Waals surface area contributed by atoms with Crippen molar-refractivity contribution in [3.8, 4) is 11.5 Å². The van der Waals surface area contributed by atoms with Gasteiger partial charge in [-0.15, -0.1) is 0 Å². The fourth-order valence-corrected chi connectivity index (χ4v) is 3.47. The number of amides is 2. The van der Waals surface area contributed by atoms with E-state index in [1.54, 1.807) is 36.4 Å². The molecule has 0 aliphatic rings. The van der Waals surface area contributed by atoms with Crippen LogP contribution in [0.4, 0.5) is 0 Å². The van der Waals surface area contributed by atoms with Crippen molar-refractivity contribution in [1.82, 2.24) is 10.2 Å². The Kier molecular flexibility index (Phi) is 9.27. The summed E-state index contributed by atoms with van der Waals surface area (Å²) >= 11 is 12.3. The lowest BCUT2D eigenvalue weighted by Gasteiger charge is -2.30. The van der Waals surface area contributed by atoms with Gasteiger partial charge in [-0.2, -0.15) is 0 Å². The van der Waals surface area contributed by atoms with Crippen molar-refractivity contribution in [2.24, 2.45) is 0 Å². The van der Waals surface area contributed by atoms with Gasteiger partial charge in [0.2, 0.25) is 5.91 Å². The highest BCUT2D eigenvalue weighted by molar-refractivity contribution is 6.35. The maximum atomic E-state index is 13.1. The Morgan fingerprint density at radius 3 is 2.40 bits per heavy atom. The highest BCUT2D eigenvalue weighted by atomic mass is 35.5. The highest BCUT2D eigenvalue weighted by Crippen LogP contribution is 2.27. The largest absolute Gasteiger partial charge is 0.493 e. The summed E-state index contributed by atoms with van der Waals surface area (Å²) in [6, 6.07) is 11.5. The van der Waals surface area contributed by atoms with Crippen LogP contribution < -0.4 is 14.8 Å². The van der Waals surface area contributed by atoms with Crippen LogP contribution in [0.5, 0.6) is 11.5 Å². The van der Waals surface area contributed by atoms with Gasteiger partial charge in [0.1, 0.15) is 6.04 Å². The molecule has 0 heterocycles. The molecule has 1 atom stereocenters. The molecule has 0 radical (unpaired) electrons. The van der Waals surface area contributed by atoms with Gasteiger partial charge in [-0.3, -0.25) is 9.59 Å². The molecule has 1 N–H and O–H groups in total. The summed E-state index contributed by atoms with van der Waals surface area (Å²) in [6.07, 6.45) is 0.442.